The van der Waals surface area contributed by atoms with Gasteiger partial charge in [0, 0.05) is 23.1 Å². The first-order chi connectivity index (χ1) is 10.2. The van der Waals surface area contributed by atoms with Crippen molar-refractivity contribution in [2.75, 3.05) is 0 Å². The molecule has 2 atom stereocenters. The van der Waals surface area contributed by atoms with E-state index in [4.69, 9.17) is 0 Å². The summed E-state index contributed by atoms with van der Waals surface area (Å²) in [6, 6.07) is 15.9. The minimum atomic E-state index is 0.207. The Morgan fingerprint density at radius 3 is 2.43 bits per heavy atom. The standard InChI is InChI=1S/C20H26N/c1-5-16-19-14-10-13-18(21(19)7-3)15-11-8-9-12-17(15)20(16,4)6-2/h8-14,16H,5-7H2,1-4H3/q+1. The van der Waals surface area contributed by atoms with E-state index in [0.717, 1.165) is 6.54 Å². The van der Waals surface area contributed by atoms with Crippen LogP contribution in [0.2, 0.25) is 0 Å². The predicted molar refractivity (Wildman–Crippen MR) is 88.4 cm³/mol. The molecule has 2 aromatic rings. The number of nitrogens with zero attached hydrogens (tertiary/aromatic N) is 1. The maximum atomic E-state index is 2.52. The van der Waals surface area contributed by atoms with E-state index < -0.39 is 0 Å². The molecule has 0 spiro atoms. The van der Waals surface area contributed by atoms with Crippen molar-refractivity contribution in [3.63, 3.8) is 0 Å². The average molecular weight is 280 g/mol. The molecule has 1 aromatic heterocycles. The van der Waals surface area contributed by atoms with Gasteiger partial charge < -0.3 is 0 Å². The van der Waals surface area contributed by atoms with Gasteiger partial charge in [0.25, 0.3) is 0 Å². The lowest BCUT2D eigenvalue weighted by Gasteiger charge is -2.34. The van der Waals surface area contributed by atoms with Crippen molar-refractivity contribution >= 4 is 0 Å². The van der Waals surface area contributed by atoms with Crippen LogP contribution in [-0.4, -0.2) is 0 Å². The summed E-state index contributed by atoms with van der Waals surface area (Å²) < 4.78 is 2.52. The lowest BCUT2D eigenvalue weighted by atomic mass is 9.67. The van der Waals surface area contributed by atoms with E-state index in [9.17, 15) is 0 Å². The maximum absolute atomic E-state index is 2.52. The molecule has 0 amide bonds. The molecule has 21 heavy (non-hydrogen) atoms. The molecule has 1 aromatic carbocycles. The van der Waals surface area contributed by atoms with Crippen molar-refractivity contribution < 1.29 is 4.57 Å². The van der Waals surface area contributed by atoms with Gasteiger partial charge in [-0.1, -0.05) is 39.0 Å². The van der Waals surface area contributed by atoms with Gasteiger partial charge in [0.2, 0.25) is 5.69 Å². The number of hydrogen-bond acceptors (Lipinski definition) is 0. The van der Waals surface area contributed by atoms with Gasteiger partial charge in [0.1, 0.15) is 6.54 Å². The highest BCUT2D eigenvalue weighted by molar-refractivity contribution is 5.65. The quantitative estimate of drug-likeness (QED) is 0.709. The van der Waals surface area contributed by atoms with Gasteiger partial charge in [-0.2, -0.15) is 4.57 Å². The summed E-state index contributed by atoms with van der Waals surface area (Å²) >= 11 is 0. The summed E-state index contributed by atoms with van der Waals surface area (Å²) in [5.74, 6) is 0.575. The third-order valence-corrected chi connectivity index (χ3v) is 5.53. The Morgan fingerprint density at radius 1 is 1.00 bits per heavy atom. The molecule has 2 heterocycles. The Hall–Kier alpha value is -1.63. The number of fused-ring (bicyclic) bond motifs is 4. The average Bonchev–Trinajstić information content (AvgIpc) is 2.58. The highest BCUT2D eigenvalue weighted by Crippen LogP contribution is 2.47. The first-order valence-electron chi connectivity index (χ1n) is 8.30. The predicted octanol–water partition coefficient (Wildman–Crippen LogP) is 4.84. The topological polar surface area (TPSA) is 3.88 Å². The maximum Gasteiger partial charge on any atom is 0.212 e. The largest absolute Gasteiger partial charge is 0.212 e. The van der Waals surface area contributed by atoms with Gasteiger partial charge >= 0.3 is 0 Å². The molecule has 1 heteroatoms. The SMILES string of the molecule is CCC1c2cccc([n+]2CC)-c2ccccc2C1(C)CC. The molecule has 0 saturated heterocycles. The zero-order valence-corrected chi connectivity index (χ0v) is 13.7. The first kappa shape index (κ1) is 14.3. The summed E-state index contributed by atoms with van der Waals surface area (Å²) in [6.07, 6.45) is 2.35. The van der Waals surface area contributed by atoms with Crippen LogP contribution in [0.3, 0.4) is 0 Å². The third-order valence-electron chi connectivity index (χ3n) is 5.53. The fourth-order valence-electron chi connectivity index (χ4n) is 4.26. The summed E-state index contributed by atoms with van der Waals surface area (Å²) in [4.78, 5) is 0. The second-order valence-electron chi connectivity index (χ2n) is 6.36. The minimum Gasteiger partial charge on any atom is -0.196 e. The molecule has 0 saturated carbocycles. The number of pyridine rings is 1. The lowest BCUT2D eigenvalue weighted by Crippen LogP contribution is -2.42. The molecule has 0 fully saturated rings. The summed E-state index contributed by atoms with van der Waals surface area (Å²) in [5.41, 5.74) is 6.02. The van der Waals surface area contributed by atoms with Crippen molar-refractivity contribution in [3.8, 4) is 11.3 Å². The molecule has 0 radical (unpaired) electrons. The van der Waals surface area contributed by atoms with E-state index in [-0.39, 0.29) is 5.41 Å². The zero-order valence-electron chi connectivity index (χ0n) is 13.7. The van der Waals surface area contributed by atoms with Gasteiger partial charge in [0.15, 0.2) is 5.69 Å². The van der Waals surface area contributed by atoms with Crippen LogP contribution in [0.1, 0.15) is 57.7 Å². The summed E-state index contributed by atoms with van der Waals surface area (Å²) in [6.45, 7) is 10.4. The molecule has 3 rings (SSSR count). The van der Waals surface area contributed by atoms with Crippen LogP contribution in [-0.2, 0) is 12.0 Å². The number of hydrogen-bond donors (Lipinski definition) is 0. The zero-order chi connectivity index (χ0) is 15.0. The molecule has 2 unspecified atom stereocenters. The van der Waals surface area contributed by atoms with E-state index in [1.807, 2.05) is 0 Å². The van der Waals surface area contributed by atoms with E-state index in [1.54, 1.807) is 0 Å². The van der Waals surface area contributed by atoms with Gasteiger partial charge in [-0.05, 0) is 37.5 Å². The van der Waals surface area contributed by atoms with E-state index in [1.165, 1.54) is 35.4 Å². The van der Waals surface area contributed by atoms with Crippen LogP contribution in [0.5, 0.6) is 0 Å². The van der Waals surface area contributed by atoms with Crippen molar-refractivity contribution in [2.45, 2.75) is 58.4 Å². The molecule has 2 bridgehead atoms. The van der Waals surface area contributed by atoms with Crippen molar-refractivity contribution in [1.29, 1.82) is 0 Å². The first-order valence-corrected chi connectivity index (χ1v) is 8.30. The van der Waals surface area contributed by atoms with Crippen LogP contribution in [0.4, 0.5) is 0 Å². The molecule has 1 aliphatic rings. The molecular formula is C20H26N+. The van der Waals surface area contributed by atoms with Gasteiger partial charge in [0.05, 0.1) is 5.92 Å². The van der Waals surface area contributed by atoms with Gasteiger partial charge in [-0.25, -0.2) is 0 Å². The molecule has 1 aliphatic heterocycles. The molecular weight excluding hydrogens is 254 g/mol. The lowest BCUT2D eigenvalue weighted by molar-refractivity contribution is -0.691. The number of rotatable bonds is 3. The van der Waals surface area contributed by atoms with E-state index >= 15 is 0 Å². The van der Waals surface area contributed by atoms with Crippen LogP contribution >= 0.6 is 0 Å². The van der Waals surface area contributed by atoms with Crippen LogP contribution in [0.25, 0.3) is 11.3 Å². The smallest absolute Gasteiger partial charge is 0.196 e. The Kier molecular flexibility index (Phi) is 3.61. The Labute approximate surface area is 128 Å². The molecule has 0 aliphatic carbocycles. The highest BCUT2D eigenvalue weighted by Gasteiger charge is 2.43. The van der Waals surface area contributed by atoms with Crippen molar-refractivity contribution in [2.24, 2.45) is 0 Å². The van der Waals surface area contributed by atoms with E-state index in [2.05, 4.69) is 74.7 Å². The van der Waals surface area contributed by atoms with Crippen molar-refractivity contribution in [1.82, 2.24) is 0 Å². The second-order valence-corrected chi connectivity index (χ2v) is 6.36. The number of aromatic nitrogens is 1. The summed E-state index contributed by atoms with van der Waals surface area (Å²) in [5, 5.41) is 0. The van der Waals surface area contributed by atoms with Gasteiger partial charge in [-0.15, -0.1) is 0 Å². The van der Waals surface area contributed by atoms with Crippen LogP contribution in [0.15, 0.2) is 42.5 Å². The third kappa shape index (κ3) is 1.94. The van der Waals surface area contributed by atoms with Crippen molar-refractivity contribution in [3.05, 3.63) is 53.7 Å². The normalized spacial score (nSPS) is 23.5. The fourth-order valence-corrected chi connectivity index (χ4v) is 4.26. The minimum absolute atomic E-state index is 0.207. The Bertz CT molecular complexity index is 659. The second kappa shape index (κ2) is 5.29. The monoisotopic (exact) mass is 280 g/mol. The Morgan fingerprint density at radius 2 is 1.76 bits per heavy atom. The van der Waals surface area contributed by atoms with Crippen LogP contribution in [0, 0.1) is 0 Å². The Balaban J connectivity index is 2.42. The van der Waals surface area contributed by atoms with Crippen LogP contribution < -0.4 is 4.57 Å². The summed E-state index contributed by atoms with van der Waals surface area (Å²) in [7, 11) is 0. The van der Waals surface area contributed by atoms with E-state index in [0.29, 0.717) is 5.92 Å². The number of benzene rings is 1. The van der Waals surface area contributed by atoms with Gasteiger partial charge in [-0.3, -0.25) is 0 Å². The molecule has 110 valence electrons. The fraction of sp³-hybridized carbons (Fsp3) is 0.450. The highest BCUT2D eigenvalue weighted by atomic mass is 15.0. The molecule has 0 N–H and O–H groups in total. The molecule has 1 nitrogen and oxygen atoms in total.